The predicted molar refractivity (Wildman–Crippen MR) is 178 cm³/mol. The monoisotopic (exact) mass is 653 g/mol. The Morgan fingerprint density at radius 1 is 1.10 bits per heavy atom. The average Bonchev–Trinajstić information content (AvgIpc) is 3.77. The highest BCUT2D eigenvalue weighted by atomic mass is 19.1. The molecule has 13 heteroatoms. The van der Waals surface area contributed by atoms with Gasteiger partial charge in [-0.25, -0.2) is 8.78 Å². The molecular formula is C35H33F2N7O4. The van der Waals surface area contributed by atoms with Gasteiger partial charge in [-0.05, 0) is 81.4 Å². The number of ether oxygens (including phenoxy) is 2. The summed E-state index contributed by atoms with van der Waals surface area (Å²) in [6, 6.07) is 12.7. The number of nitrogens with one attached hydrogen (secondary N) is 4. The number of piperidine rings is 1. The third-order valence-corrected chi connectivity index (χ3v) is 7.92. The maximum atomic E-state index is 15.5. The molecule has 0 aliphatic carbocycles. The van der Waals surface area contributed by atoms with Gasteiger partial charge in [-0.15, -0.1) is 0 Å². The van der Waals surface area contributed by atoms with Crippen molar-refractivity contribution in [2.45, 2.75) is 25.8 Å². The van der Waals surface area contributed by atoms with E-state index in [2.05, 4.69) is 20.7 Å². The molecular weight excluding hydrogens is 620 g/mol. The molecule has 1 aliphatic heterocycles. The van der Waals surface area contributed by atoms with Gasteiger partial charge in [-0.2, -0.15) is 5.10 Å². The highest BCUT2D eigenvalue weighted by Gasteiger charge is 2.22. The summed E-state index contributed by atoms with van der Waals surface area (Å²) in [6.45, 7) is 3.76. The minimum atomic E-state index is -0.821. The Labute approximate surface area is 274 Å². The number of aromatic amines is 1. The van der Waals surface area contributed by atoms with E-state index in [1.807, 2.05) is 16.9 Å². The molecule has 3 aromatic heterocycles. The molecule has 11 nitrogen and oxygen atoms in total. The summed E-state index contributed by atoms with van der Waals surface area (Å²) in [5, 5.41) is 18.2. The van der Waals surface area contributed by atoms with Crippen LogP contribution in [-0.4, -0.2) is 51.1 Å². The van der Waals surface area contributed by atoms with E-state index in [1.165, 1.54) is 59.3 Å². The minimum Gasteiger partial charge on any atom is -0.493 e. The molecule has 2 aromatic carbocycles. The number of H-pyrrole nitrogens is 1. The smallest absolute Gasteiger partial charge is 0.271 e. The molecule has 0 spiro atoms. The van der Waals surface area contributed by atoms with Gasteiger partial charge in [0.25, 0.3) is 11.5 Å². The first-order chi connectivity index (χ1) is 23.4. The fourth-order valence-electron chi connectivity index (χ4n) is 5.59. The van der Waals surface area contributed by atoms with E-state index in [4.69, 9.17) is 14.9 Å². The number of anilines is 1. The molecule has 0 bridgehead atoms. The lowest BCUT2D eigenvalue weighted by atomic mass is 10.1. The molecule has 4 heterocycles. The molecule has 6 rings (SSSR count). The van der Waals surface area contributed by atoms with E-state index in [0.717, 1.165) is 49.3 Å². The number of pyridine rings is 1. The first-order valence-electron chi connectivity index (χ1n) is 15.4. The van der Waals surface area contributed by atoms with Crippen molar-refractivity contribution in [1.29, 1.82) is 5.41 Å². The maximum absolute atomic E-state index is 15.5. The summed E-state index contributed by atoms with van der Waals surface area (Å²) in [5.41, 5.74) is 1.55. The van der Waals surface area contributed by atoms with Crippen molar-refractivity contribution in [3.05, 3.63) is 119 Å². The number of aromatic nitrogens is 4. The first kappa shape index (κ1) is 32.1. The molecule has 0 atom stereocenters. The zero-order valence-electron chi connectivity index (χ0n) is 26.0. The largest absolute Gasteiger partial charge is 0.493 e. The Morgan fingerprint density at radius 2 is 1.90 bits per heavy atom. The summed E-state index contributed by atoms with van der Waals surface area (Å²) in [4.78, 5) is 29.9. The lowest BCUT2D eigenvalue weighted by Gasteiger charge is -2.22. The van der Waals surface area contributed by atoms with Crippen LogP contribution in [0.5, 0.6) is 11.5 Å². The summed E-state index contributed by atoms with van der Waals surface area (Å²) in [7, 11) is 0. The Kier molecular flexibility index (Phi) is 9.57. The van der Waals surface area contributed by atoms with Gasteiger partial charge in [0, 0.05) is 59.4 Å². The fourth-order valence-corrected chi connectivity index (χ4v) is 5.59. The van der Waals surface area contributed by atoms with E-state index >= 15 is 4.39 Å². The summed E-state index contributed by atoms with van der Waals surface area (Å²) >= 11 is 0. The SMILES string of the molecule is CCOc1ccn(-c2ccc(F)cc2)c(=O)c1C(=O)Nc1ccc(O/C(=C/C=N)c2[nH]ccc2-c2cnn(C3CCNCC3)c2)c(F)c1. The highest BCUT2D eigenvalue weighted by Crippen LogP contribution is 2.32. The number of allylic oxidation sites excluding steroid dienone is 1. The van der Waals surface area contributed by atoms with Gasteiger partial charge in [0.15, 0.2) is 17.3 Å². The van der Waals surface area contributed by atoms with E-state index in [0.29, 0.717) is 17.4 Å². The molecule has 1 fully saturated rings. The Hall–Kier alpha value is -5.82. The Bertz CT molecular complexity index is 2030. The normalized spacial score (nSPS) is 13.7. The van der Waals surface area contributed by atoms with Crippen molar-refractivity contribution >= 4 is 23.6 Å². The Balaban J connectivity index is 1.22. The predicted octanol–water partition coefficient (Wildman–Crippen LogP) is 5.95. The van der Waals surface area contributed by atoms with Crippen LogP contribution in [0.25, 0.3) is 22.6 Å². The minimum absolute atomic E-state index is 0.0447. The van der Waals surface area contributed by atoms with Gasteiger partial charge in [0.1, 0.15) is 17.1 Å². The number of carbonyl (C=O) groups is 1. The Morgan fingerprint density at radius 3 is 2.62 bits per heavy atom. The van der Waals surface area contributed by atoms with Crippen LogP contribution in [0.15, 0.2) is 90.3 Å². The third kappa shape index (κ3) is 6.81. The van der Waals surface area contributed by atoms with Crippen molar-refractivity contribution in [2.24, 2.45) is 0 Å². The van der Waals surface area contributed by atoms with Crippen LogP contribution in [-0.2, 0) is 0 Å². The molecule has 246 valence electrons. The number of carbonyl (C=O) groups excluding carboxylic acids is 1. The number of benzene rings is 2. The molecule has 1 aliphatic rings. The van der Waals surface area contributed by atoms with Gasteiger partial charge in [-0.3, -0.25) is 18.8 Å². The van der Waals surface area contributed by atoms with Crippen molar-refractivity contribution in [2.75, 3.05) is 25.0 Å². The number of halogens is 2. The number of hydrogen-bond acceptors (Lipinski definition) is 7. The second-order valence-electron chi connectivity index (χ2n) is 11.0. The molecule has 5 aromatic rings. The van der Waals surface area contributed by atoms with E-state index in [9.17, 15) is 14.0 Å². The fraction of sp³-hybridized carbons (Fsp3) is 0.200. The zero-order chi connectivity index (χ0) is 33.6. The van der Waals surface area contributed by atoms with Gasteiger partial charge >= 0.3 is 0 Å². The zero-order valence-corrected chi connectivity index (χ0v) is 26.0. The molecule has 0 saturated carbocycles. The second-order valence-corrected chi connectivity index (χ2v) is 11.0. The molecule has 4 N–H and O–H groups in total. The van der Waals surface area contributed by atoms with Crippen LogP contribution in [0.2, 0.25) is 0 Å². The van der Waals surface area contributed by atoms with Crippen molar-refractivity contribution < 1.29 is 23.0 Å². The lowest BCUT2D eigenvalue weighted by molar-refractivity contribution is 0.102. The lowest BCUT2D eigenvalue weighted by Crippen LogP contribution is -2.29. The molecule has 1 amide bonds. The highest BCUT2D eigenvalue weighted by molar-refractivity contribution is 6.06. The van der Waals surface area contributed by atoms with Crippen LogP contribution < -0.4 is 25.7 Å². The standard InChI is InChI=1S/C35H33F2N7O4/c1-2-47-30-13-18-43(25-6-3-23(36)4-7-25)35(46)32(30)34(45)42-24-5-8-29(28(37)19-24)48-31(9-14-38)33-27(12-17-40-33)22-20-41-44(21-22)26-10-15-39-16-11-26/h3-9,12-14,17-21,26,38-40H,2,10-11,15-16H2,1H3,(H,42,45)/b31-9+,38-14?. The van der Waals surface area contributed by atoms with Crippen molar-refractivity contribution in [3.63, 3.8) is 0 Å². The van der Waals surface area contributed by atoms with Crippen LogP contribution in [0.1, 0.15) is 41.9 Å². The number of rotatable bonds is 11. The van der Waals surface area contributed by atoms with Gasteiger partial charge in [0.2, 0.25) is 0 Å². The number of amides is 1. The molecule has 0 radical (unpaired) electrons. The first-order valence-corrected chi connectivity index (χ1v) is 15.4. The quantitative estimate of drug-likeness (QED) is 0.103. The second kappa shape index (κ2) is 14.3. The summed E-state index contributed by atoms with van der Waals surface area (Å²) < 4.78 is 43.6. The number of nitrogens with zero attached hydrogens (tertiary/aromatic N) is 3. The van der Waals surface area contributed by atoms with Gasteiger partial charge in [-0.1, -0.05) is 0 Å². The van der Waals surface area contributed by atoms with Gasteiger partial charge in [0.05, 0.1) is 24.5 Å². The maximum Gasteiger partial charge on any atom is 0.271 e. The van der Waals surface area contributed by atoms with E-state index in [1.54, 1.807) is 19.3 Å². The molecule has 1 saturated heterocycles. The summed E-state index contributed by atoms with van der Waals surface area (Å²) in [5.74, 6) is -2.00. The average molecular weight is 654 g/mol. The summed E-state index contributed by atoms with van der Waals surface area (Å²) in [6.07, 6.45) is 11.3. The number of hydrogen-bond donors (Lipinski definition) is 4. The topological polar surface area (TPSA) is 139 Å². The molecule has 0 unspecified atom stereocenters. The van der Waals surface area contributed by atoms with Crippen LogP contribution in [0, 0.1) is 17.0 Å². The van der Waals surface area contributed by atoms with Crippen LogP contribution in [0.3, 0.4) is 0 Å². The van der Waals surface area contributed by atoms with Crippen LogP contribution in [0.4, 0.5) is 14.5 Å². The van der Waals surface area contributed by atoms with Crippen molar-refractivity contribution in [3.8, 4) is 28.3 Å². The third-order valence-electron chi connectivity index (χ3n) is 7.92. The van der Waals surface area contributed by atoms with E-state index < -0.39 is 23.1 Å². The van der Waals surface area contributed by atoms with Crippen molar-refractivity contribution in [1.82, 2.24) is 24.6 Å². The van der Waals surface area contributed by atoms with E-state index in [-0.39, 0.29) is 35.1 Å². The van der Waals surface area contributed by atoms with Gasteiger partial charge < -0.3 is 30.5 Å². The van der Waals surface area contributed by atoms with Crippen LogP contribution >= 0.6 is 0 Å². The molecule has 48 heavy (non-hydrogen) atoms.